The van der Waals surface area contributed by atoms with E-state index in [1.165, 1.54) is 11.6 Å². The molecule has 140 valence electrons. The first kappa shape index (κ1) is 20.3. The second-order valence-electron chi connectivity index (χ2n) is 6.21. The first-order valence-electron chi connectivity index (χ1n) is 8.59. The Labute approximate surface area is 159 Å². The van der Waals surface area contributed by atoms with Crippen molar-refractivity contribution in [2.24, 2.45) is 0 Å². The predicted octanol–water partition coefficient (Wildman–Crippen LogP) is 3.66. The summed E-state index contributed by atoms with van der Waals surface area (Å²) >= 11 is 1.03. The molecule has 5 nitrogen and oxygen atoms in total. The van der Waals surface area contributed by atoms with Gasteiger partial charge in [0.05, 0.1) is 23.7 Å². The van der Waals surface area contributed by atoms with Crippen LogP contribution in [0, 0.1) is 5.41 Å². The predicted molar refractivity (Wildman–Crippen MR) is 107 cm³/mol. The van der Waals surface area contributed by atoms with E-state index in [9.17, 15) is 10.2 Å². The lowest BCUT2D eigenvalue weighted by Crippen LogP contribution is -2.30. The first-order valence-corrected chi connectivity index (χ1v) is 9.74. The van der Waals surface area contributed by atoms with Crippen LogP contribution >= 0.6 is 12.0 Å². The van der Waals surface area contributed by atoms with Crippen molar-refractivity contribution in [3.63, 3.8) is 0 Å². The van der Waals surface area contributed by atoms with Gasteiger partial charge in [0, 0.05) is 18.8 Å². The van der Waals surface area contributed by atoms with E-state index < -0.39 is 6.10 Å². The van der Waals surface area contributed by atoms with E-state index in [-0.39, 0.29) is 23.3 Å². The van der Waals surface area contributed by atoms with Crippen LogP contribution in [0.25, 0.3) is 0 Å². The summed E-state index contributed by atoms with van der Waals surface area (Å²) in [6.07, 6.45) is 2.93. The molecule has 0 aliphatic heterocycles. The van der Waals surface area contributed by atoms with Gasteiger partial charge in [0.25, 0.3) is 0 Å². The van der Waals surface area contributed by atoms with Gasteiger partial charge < -0.3 is 19.7 Å². The number of benzene rings is 2. The molecule has 0 saturated carbocycles. The fourth-order valence-electron chi connectivity index (χ4n) is 2.63. The van der Waals surface area contributed by atoms with Gasteiger partial charge in [-0.15, -0.1) is 0 Å². The molecule has 0 spiro atoms. The monoisotopic (exact) mass is 374 g/mol. The van der Waals surface area contributed by atoms with Crippen molar-refractivity contribution in [1.82, 2.24) is 5.32 Å². The van der Waals surface area contributed by atoms with Crippen LogP contribution in [0.1, 0.15) is 36.1 Å². The number of aliphatic hydroxyl groups excluding tert-OH is 1. The number of hydrogen-bond acceptors (Lipinski definition) is 6. The highest BCUT2D eigenvalue weighted by atomic mass is 32.2. The van der Waals surface area contributed by atoms with E-state index in [1.807, 2.05) is 18.2 Å². The second kappa shape index (κ2) is 10.2. The average molecular weight is 375 g/mol. The molecule has 6 heteroatoms. The van der Waals surface area contributed by atoms with Crippen molar-refractivity contribution in [2.75, 3.05) is 12.8 Å². The van der Waals surface area contributed by atoms with Crippen molar-refractivity contribution in [3.8, 4) is 5.75 Å². The molecule has 0 radical (unpaired) electrons. The summed E-state index contributed by atoms with van der Waals surface area (Å²) in [7, 11) is 0. The van der Waals surface area contributed by atoms with Crippen LogP contribution in [-0.4, -0.2) is 35.0 Å². The highest BCUT2D eigenvalue weighted by Gasteiger charge is 2.15. The van der Waals surface area contributed by atoms with Crippen LogP contribution < -0.4 is 5.32 Å². The lowest BCUT2D eigenvalue weighted by Gasteiger charge is -2.18. The summed E-state index contributed by atoms with van der Waals surface area (Å²) < 4.78 is 5.06. The van der Waals surface area contributed by atoms with Gasteiger partial charge in [-0.2, -0.15) is 0 Å². The molecule has 0 aromatic heterocycles. The van der Waals surface area contributed by atoms with Gasteiger partial charge in [0.2, 0.25) is 5.90 Å². The van der Waals surface area contributed by atoms with Crippen molar-refractivity contribution >= 4 is 17.9 Å². The fourth-order valence-corrected chi connectivity index (χ4v) is 2.89. The zero-order chi connectivity index (χ0) is 18.9. The number of aromatic hydroxyl groups is 1. The average Bonchev–Trinajstić information content (AvgIpc) is 2.65. The summed E-state index contributed by atoms with van der Waals surface area (Å²) in [6, 6.07) is 15.3. The van der Waals surface area contributed by atoms with Crippen molar-refractivity contribution in [2.45, 2.75) is 31.9 Å². The van der Waals surface area contributed by atoms with Crippen LogP contribution in [0.15, 0.2) is 48.5 Å². The maximum atomic E-state index is 10.4. The minimum atomic E-state index is -0.726. The van der Waals surface area contributed by atoms with Crippen molar-refractivity contribution in [3.05, 3.63) is 65.2 Å². The molecule has 0 aliphatic rings. The zero-order valence-electron chi connectivity index (χ0n) is 15.1. The number of rotatable bonds is 9. The van der Waals surface area contributed by atoms with Gasteiger partial charge in [-0.25, -0.2) is 0 Å². The Morgan fingerprint density at radius 2 is 1.96 bits per heavy atom. The number of phenolic OH excluding ortho intramolecular Hbond substituents is 1. The highest BCUT2D eigenvalue weighted by molar-refractivity contribution is 7.94. The first-order chi connectivity index (χ1) is 12.5. The highest BCUT2D eigenvalue weighted by Crippen LogP contribution is 2.24. The van der Waals surface area contributed by atoms with Crippen LogP contribution in [0.2, 0.25) is 0 Å². The fraction of sp³-hybridized carbons (Fsp3) is 0.350. The smallest absolute Gasteiger partial charge is 0.231 e. The Morgan fingerprint density at radius 3 is 2.65 bits per heavy atom. The lowest BCUT2D eigenvalue weighted by molar-refractivity contribution is 0.170. The van der Waals surface area contributed by atoms with Crippen LogP contribution in [0.3, 0.4) is 0 Å². The molecule has 26 heavy (non-hydrogen) atoms. The Morgan fingerprint density at radius 1 is 1.23 bits per heavy atom. The number of hydrogen-bond donors (Lipinski definition) is 4. The summed E-state index contributed by atoms with van der Waals surface area (Å²) in [5.74, 6) is -0.169. The molecule has 2 atom stereocenters. The van der Waals surface area contributed by atoms with Crippen LogP contribution in [0.5, 0.6) is 5.75 Å². The topological polar surface area (TPSA) is 85.6 Å². The molecule has 0 bridgehead atoms. The molecule has 0 saturated heterocycles. The van der Waals surface area contributed by atoms with Gasteiger partial charge in [-0.05, 0) is 43.0 Å². The Kier molecular flexibility index (Phi) is 7.97. The van der Waals surface area contributed by atoms with Crippen molar-refractivity contribution < 1.29 is 14.4 Å². The normalized spacial score (nSPS) is 13.2. The number of phenols is 1. The van der Waals surface area contributed by atoms with Crippen LogP contribution in [0.4, 0.5) is 0 Å². The third-order valence-corrected chi connectivity index (χ3v) is 4.52. The van der Waals surface area contributed by atoms with E-state index >= 15 is 0 Å². The Bertz CT molecular complexity index is 709. The van der Waals surface area contributed by atoms with Gasteiger partial charge in [-0.1, -0.05) is 36.4 Å². The third-order valence-electron chi connectivity index (χ3n) is 4.19. The standard InChI is InChI=1S/C20H26N2O3S/c1-14(8-9-15-6-4-3-5-7-15)22-13-19(24)16-10-11-18(23)17(12-16)20(21)25-26-2/h3-7,10-12,14,19,21-24H,8-9,13H2,1-2H3. The molecule has 4 N–H and O–H groups in total. The Balaban J connectivity index is 1.87. The summed E-state index contributed by atoms with van der Waals surface area (Å²) in [5.41, 5.74) is 2.21. The van der Waals surface area contributed by atoms with E-state index in [0.29, 0.717) is 12.1 Å². The molecule has 2 rings (SSSR count). The summed E-state index contributed by atoms with van der Waals surface area (Å²) in [6.45, 7) is 2.50. The molecular weight excluding hydrogens is 348 g/mol. The molecular formula is C20H26N2O3S. The molecule has 2 aromatic rings. The molecule has 0 heterocycles. The Hall–Kier alpha value is -2.02. The minimum absolute atomic E-state index is 0.0378. The van der Waals surface area contributed by atoms with Crippen LogP contribution in [-0.2, 0) is 10.6 Å². The quantitative estimate of drug-likeness (QED) is 0.306. The largest absolute Gasteiger partial charge is 0.507 e. The minimum Gasteiger partial charge on any atom is -0.507 e. The molecule has 0 amide bonds. The summed E-state index contributed by atoms with van der Waals surface area (Å²) in [4.78, 5) is 0. The van der Waals surface area contributed by atoms with E-state index in [0.717, 1.165) is 24.9 Å². The second-order valence-corrected chi connectivity index (χ2v) is 6.71. The van der Waals surface area contributed by atoms with Gasteiger partial charge >= 0.3 is 0 Å². The maximum Gasteiger partial charge on any atom is 0.231 e. The van der Waals surface area contributed by atoms with E-state index in [4.69, 9.17) is 9.59 Å². The van der Waals surface area contributed by atoms with Gasteiger partial charge in [0.15, 0.2) is 0 Å². The zero-order valence-corrected chi connectivity index (χ0v) is 15.9. The summed E-state index contributed by atoms with van der Waals surface area (Å²) in [5, 5.41) is 31.5. The molecule has 2 aromatic carbocycles. The number of aryl methyl sites for hydroxylation is 1. The molecule has 2 unspecified atom stereocenters. The SMILES string of the molecule is CSOC(=N)c1cc(C(O)CNC(C)CCc2ccccc2)ccc1O. The molecule has 0 aliphatic carbocycles. The third kappa shape index (κ3) is 6.05. The van der Waals surface area contributed by atoms with Gasteiger partial charge in [0.1, 0.15) is 5.75 Å². The van der Waals surface area contributed by atoms with E-state index in [1.54, 1.807) is 18.4 Å². The molecule has 0 fully saturated rings. The maximum absolute atomic E-state index is 10.4. The van der Waals surface area contributed by atoms with Gasteiger partial charge in [-0.3, -0.25) is 5.41 Å². The number of aliphatic hydroxyl groups is 1. The van der Waals surface area contributed by atoms with E-state index in [2.05, 4.69) is 24.4 Å². The lowest BCUT2D eigenvalue weighted by atomic mass is 10.0. The van der Waals surface area contributed by atoms with Crippen molar-refractivity contribution in [1.29, 1.82) is 5.41 Å². The number of nitrogens with one attached hydrogen (secondary N) is 2.